The molecule has 0 spiro atoms. The standard InChI is InChI=1S/C19H23NO4/c1-4-5-12-24-17-9-7-6-8-16(17)20-19(21)15-11-10-14(22-2)13-18(15)23-3/h6-11,13H,4-5,12H2,1-3H3,(H,20,21). The predicted octanol–water partition coefficient (Wildman–Crippen LogP) is 4.14. The van der Waals surface area contributed by atoms with Crippen LogP contribution in [0.2, 0.25) is 0 Å². The Kier molecular flexibility index (Phi) is 6.49. The van der Waals surface area contributed by atoms with Crippen LogP contribution in [-0.4, -0.2) is 26.7 Å². The molecule has 2 aromatic carbocycles. The molecule has 5 nitrogen and oxygen atoms in total. The van der Waals surface area contributed by atoms with Crippen molar-refractivity contribution in [1.29, 1.82) is 0 Å². The zero-order valence-electron chi connectivity index (χ0n) is 14.3. The number of hydrogen-bond acceptors (Lipinski definition) is 4. The molecule has 0 unspecified atom stereocenters. The van der Waals surface area contributed by atoms with Crippen molar-refractivity contribution in [1.82, 2.24) is 0 Å². The SMILES string of the molecule is CCCCOc1ccccc1NC(=O)c1ccc(OC)cc1OC. The summed E-state index contributed by atoms with van der Waals surface area (Å²) in [5.41, 5.74) is 1.07. The Bertz CT molecular complexity index is 685. The van der Waals surface area contributed by atoms with Crippen molar-refractivity contribution in [3.63, 3.8) is 0 Å². The summed E-state index contributed by atoms with van der Waals surface area (Å²) in [6.07, 6.45) is 2.02. The number of anilines is 1. The smallest absolute Gasteiger partial charge is 0.259 e. The topological polar surface area (TPSA) is 56.8 Å². The predicted molar refractivity (Wildman–Crippen MR) is 94.3 cm³/mol. The van der Waals surface area contributed by atoms with Crippen LogP contribution in [0.15, 0.2) is 42.5 Å². The van der Waals surface area contributed by atoms with E-state index in [0.29, 0.717) is 35.1 Å². The quantitative estimate of drug-likeness (QED) is 0.740. The molecule has 2 aromatic rings. The van der Waals surface area contributed by atoms with E-state index in [2.05, 4.69) is 12.2 Å². The lowest BCUT2D eigenvalue weighted by molar-refractivity contribution is 0.102. The normalized spacial score (nSPS) is 10.1. The van der Waals surface area contributed by atoms with Gasteiger partial charge < -0.3 is 19.5 Å². The zero-order chi connectivity index (χ0) is 17.4. The Labute approximate surface area is 142 Å². The summed E-state index contributed by atoms with van der Waals surface area (Å²) < 4.78 is 16.2. The lowest BCUT2D eigenvalue weighted by Gasteiger charge is -2.14. The van der Waals surface area contributed by atoms with Gasteiger partial charge in [-0.2, -0.15) is 0 Å². The molecule has 0 aromatic heterocycles. The van der Waals surface area contributed by atoms with E-state index in [1.165, 1.54) is 7.11 Å². The van der Waals surface area contributed by atoms with Crippen LogP contribution in [0.4, 0.5) is 5.69 Å². The molecule has 0 fully saturated rings. The molecule has 0 saturated heterocycles. The van der Waals surface area contributed by atoms with E-state index in [0.717, 1.165) is 12.8 Å². The third-order valence-electron chi connectivity index (χ3n) is 3.54. The van der Waals surface area contributed by atoms with Crippen molar-refractivity contribution >= 4 is 11.6 Å². The summed E-state index contributed by atoms with van der Waals surface area (Å²) in [6.45, 7) is 2.72. The molecule has 0 heterocycles. The van der Waals surface area contributed by atoms with Crippen molar-refractivity contribution in [3.8, 4) is 17.2 Å². The summed E-state index contributed by atoms with van der Waals surface area (Å²) in [7, 11) is 3.09. The minimum absolute atomic E-state index is 0.263. The molecule has 0 bridgehead atoms. The van der Waals surface area contributed by atoms with Crippen LogP contribution < -0.4 is 19.5 Å². The van der Waals surface area contributed by atoms with Crippen molar-refractivity contribution in [2.24, 2.45) is 0 Å². The molecule has 0 aliphatic carbocycles. The van der Waals surface area contributed by atoms with E-state index in [-0.39, 0.29) is 5.91 Å². The third-order valence-corrected chi connectivity index (χ3v) is 3.54. The minimum atomic E-state index is -0.263. The lowest BCUT2D eigenvalue weighted by atomic mass is 10.1. The first-order valence-corrected chi connectivity index (χ1v) is 7.94. The average molecular weight is 329 g/mol. The molecule has 0 atom stereocenters. The van der Waals surface area contributed by atoms with Gasteiger partial charge in [0.05, 0.1) is 32.1 Å². The summed E-state index contributed by atoms with van der Waals surface area (Å²) in [5.74, 6) is 1.48. The van der Waals surface area contributed by atoms with Crippen LogP contribution in [0.25, 0.3) is 0 Å². The summed E-state index contributed by atoms with van der Waals surface area (Å²) in [5, 5.41) is 2.88. The first kappa shape index (κ1) is 17.7. The van der Waals surface area contributed by atoms with Crippen molar-refractivity contribution < 1.29 is 19.0 Å². The van der Waals surface area contributed by atoms with Gasteiger partial charge in [0.2, 0.25) is 0 Å². The largest absolute Gasteiger partial charge is 0.497 e. The molecule has 5 heteroatoms. The Morgan fingerprint density at radius 1 is 1.04 bits per heavy atom. The molecule has 1 N–H and O–H groups in total. The number of carbonyl (C=O) groups excluding carboxylic acids is 1. The van der Waals surface area contributed by atoms with Crippen LogP contribution in [0, 0.1) is 0 Å². The van der Waals surface area contributed by atoms with Crippen LogP contribution in [0.3, 0.4) is 0 Å². The lowest BCUT2D eigenvalue weighted by Crippen LogP contribution is -2.14. The number of ether oxygens (including phenoxy) is 3. The van der Waals surface area contributed by atoms with Gasteiger partial charge in [-0.25, -0.2) is 0 Å². The van der Waals surface area contributed by atoms with Gasteiger partial charge in [0, 0.05) is 6.07 Å². The molecule has 0 aliphatic rings. The minimum Gasteiger partial charge on any atom is -0.497 e. The first-order chi connectivity index (χ1) is 11.7. The number of hydrogen-bond donors (Lipinski definition) is 1. The highest BCUT2D eigenvalue weighted by Gasteiger charge is 2.15. The fourth-order valence-electron chi connectivity index (χ4n) is 2.20. The molecule has 2 rings (SSSR count). The van der Waals surface area contributed by atoms with E-state index in [1.54, 1.807) is 25.3 Å². The number of amides is 1. The van der Waals surface area contributed by atoms with Gasteiger partial charge in [0.25, 0.3) is 5.91 Å². The molecule has 0 radical (unpaired) electrons. The van der Waals surface area contributed by atoms with E-state index < -0.39 is 0 Å². The second kappa shape index (κ2) is 8.82. The summed E-state index contributed by atoms with van der Waals surface area (Å²) >= 11 is 0. The number of para-hydroxylation sites is 2. The van der Waals surface area contributed by atoms with E-state index in [9.17, 15) is 4.79 Å². The molecule has 128 valence electrons. The van der Waals surface area contributed by atoms with E-state index in [4.69, 9.17) is 14.2 Å². The second-order valence-electron chi connectivity index (χ2n) is 5.22. The number of nitrogens with one attached hydrogen (secondary N) is 1. The van der Waals surface area contributed by atoms with Gasteiger partial charge in [-0.1, -0.05) is 25.5 Å². The third kappa shape index (κ3) is 4.41. The van der Waals surface area contributed by atoms with Gasteiger partial charge in [-0.15, -0.1) is 0 Å². The van der Waals surface area contributed by atoms with Crippen LogP contribution in [-0.2, 0) is 0 Å². The summed E-state index contributed by atoms with van der Waals surface area (Å²) in [4.78, 5) is 12.6. The van der Waals surface area contributed by atoms with E-state index >= 15 is 0 Å². The summed E-state index contributed by atoms with van der Waals surface area (Å²) in [6, 6.07) is 12.5. The van der Waals surface area contributed by atoms with Gasteiger partial charge in [-0.3, -0.25) is 4.79 Å². The highest BCUT2D eigenvalue weighted by molar-refractivity contribution is 6.07. The van der Waals surface area contributed by atoms with Crippen LogP contribution in [0.5, 0.6) is 17.2 Å². The highest BCUT2D eigenvalue weighted by Crippen LogP contribution is 2.28. The molecular formula is C19H23NO4. The Morgan fingerprint density at radius 2 is 1.83 bits per heavy atom. The fourth-order valence-corrected chi connectivity index (χ4v) is 2.20. The molecule has 0 saturated carbocycles. The van der Waals surface area contributed by atoms with Gasteiger partial charge in [0.1, 0.15) is 17.2 Å². The number of benzene rings is 2. The maximum absolute atomic E-state index is 12.6. The van der Waals surface area contributed by atoms with Gasteiger partial charge >= 0.3 is 0 Å². The first-order valence-electron chi connectivity index (χ1n) is 7.94. The fraction of sp³-hybridized carbons (Fsp3) is 0.316. The van der Waals surface area contributed by atoms with Crippen molar-refractivity contribution in [2.75, 3.05) is 26.1 Å². The number of rotatable bonds is 8. The Hall–Kier alpha value is -2.69. The van der Waals surface area contributed by atoms with Crippen LogP contribution >= 0.6 is 0 Å². The number of unbranched alkanes of at least 4 members (excludes halogenated alkanes) is 1. The molecular weight excluding hydrogens is 306 g/mol. The molecule has 1 amide bonds. The van der Waals surface area contributed by atoms with Crippen molar-refractivity contribution in [3.05, 3.63) is 48.0 Å². The Morgan fingerprint density at radius 3 is 2.54 bits per heavy atom. The zero-order valence-corrected chi connectivity index (χ0v) is 14.3. The van der Waals surface area contributed by atoms with Gasteiger partial charge in [-0.05, 0) is 30.7 Å². The maximum atomic E-state index is 12.6. The van der Waals surface area contributed by atoms with Gasteiger partial charge in [0.15, 0.2) is 0 Å². The van der Waals surface area contributed by atoms with Crippen molar-refractivity contribution in [2.45, 2.75) is 19.8 Å². The number of methoxy groups -OCH3 is 2. The number of carbonyl (C=O) groups is 1. The molecule has 0 aliphatic heterocycles. The Balaban J connectivity index is 2.18. The average Bonchev–Trinajstić information content (AvgIpc) is 2.62. The maximum Gasteiger partial charge on any atom is 0.259 e. The molecule has 24 heavy (non-hydrogen) atoms. The second-order valence-corrected chi connectivity index (χ2v) is 5.22. The van der Waals surface area contributed by atoms with E-state index in [1.807, 2.05) is 24.3 Å². The van der Waals surface area contributed by atoms with Crippen LogP contribution in [0.1, 0.15) is 30.1 Å². The highest BCUT2D eigenvalue weighted by atomic mass is 16.5. The monoisotopic (exact) mass is 329 g/mol.